The van der Waals surface area contributed by atoms with E-state index in [2.05, 4.69) is 5.10 Å². The summed E-state index contributed by atoms with van der Waals surface area (Å²) >= 11 is 0. The van der Waals surface area contributed by atoms with E-state index >= 15 is 0 Å². The number of rotatable bonds is 4. The van der Waals surface area contributed by atoms with Gasteiger partial charge in [-0.25, -0.2) is 9.48 Å². The zero-order valence-corrected chi connectivity index (χ0v) is 11.2. The number of hydrogen-bond acceptors (Lipinski definition) is 4. The van der Waals surface area contributed by atoms with Crippen LogP contribution in [0.1, 0.15) is 28.9 Å². The van der Waals surface area contributed by atoms with Gasteiger partial charge >= 0.3 is 5.97 Å². The fraction of sp³-hybridized carbons (Fsp3) is 0.214. The number of nitrogens with two attached hydrogens (primary N) is 1. The normalized spacial score (nSPS) is 12.1. The van der Waals surface area contributed by atoms with Crippen LogP contribution in [0.15, 0.2) is 24.3 Å². The number of carboxylic acids is 1. The van der Waals surface area contributed by atoms with Crippen LogP contribution in [0.3, 0.4) is 0 Å². The molecule has 6 heteroatoms. The van der Waals surface area contributed by atoms with Gasteiger partial charge in [0.15, 0.2) is 6.29 Å². The number of anilines is 1. The van der Waals surface area contributed by atoms with Crippen LogP contribution in [0.2, 0.25) is 0 Å². The van der Waals surface area contributed by atoms with Gasteiger partial charge in [0.2, 0.25) is 0 Å². The summed E-state index contributed by atoms with van der Waals surface area (Å²) in [6.07, 6.45) is 0.600. The van der Waals surface area contributed by atoms with Crippen molar-refractivity contribution in [3.8, 4) is 11.3 Å². The van der Waals surface area contributed by atoms with Crippen molar-refractivity contribution in [2.24, 2.45) is 0 Å². The largest absolute Gasteiger partial charge is 0.480 e. The lowest BCUT2D eigenvalue weighted by Crippen LogP contribution is -2.18. The predicted octanol–water partition coefficient (Wildman–Crippen LogP) is 1.90. The van der Waals surface area contributed by atoms with Crippen molar-refractivity contribution in [3.63, 3.8) is 0 Å². The quantitative estimate of drug-likeness (QED) is 0.829. The minimum Gasteiger partial charge on any atom is -0.480 e. The molecule has 0 aliphatic heterocycles. The number of carboxylic acid groups (broad SMARTS) is 1. The van der Waals surface area contributed by atoms with Crippen molar-refractivity contribution in [2.45, 2.75) is 19.9 Å². The van der Waals surface area contributed by atoms with E-state index in [-0.39, 0.29) is 11.4 Å². The molecule has 0 aliphatic rings. The van der Waals surface area contributed by atoms with Crippen molar-refractivity contribution in [3.05, 3.63) is 35.4 Å². The van der Waals surface area contributed by atoms with E-state index in [1.54, 1.807) is 0 Å². The SMILES string of the molecule is Cc1ccc(-c2nn(C(C)C(=O)O)c(N)c2C=O)cc1. The highest BCUT2D eigenvalue weighted by Crippen LogP contribution is 2.28. The van der Waals surface area contributed by atoms with Crippen molar-refractivity contribution in [1.29, 1.82) is 0 Å². The Bertz CT molecular complexity index is 659. The summed E-state index contributed by atoms with van der Waals surface area (Å²) in [5.41, 5.74) is 8.23. The minimum absolute atomic E-state index is 0.0606. The fourth-order valence-electron chi connectivity index (χ4n) is 1.90. The molecule has 0 amide bonds. The van der Waals surface area contributed by atoms with Crippen LogP contribution in [0.4, 0.5) is 5.82 Å². The average molecular weight is 273 g/mol. The molecule has 0 aliphatic carbocycles. The van der Waals surface area contributed by atoms with Gasteiger partial charge in [0.1, 0.15) is 17.6 Å². The summed E-state index contributed by atoms with van der Waals surface area (Å²) < 4.78 is 1.15. The smallest absolute Gasteiger partial charge is 0.328 e. The van der Waals surface area contributed by atoms with Crippen molar-refractivity contribution in [2.75, 3.05) is 5.73 Å². The van der Waals surface area contributed by atoms with Gasteiger partial charge < -0.3 is 10.8 Å². The molecule has 1 atom stereocenters. The second-order valence-electron chi connectivity index (χ2n) is 4.59. The third-order valence-electron chi connectivity index (χ3n) is 3.15. The van der Waals surface area contributed by atoms with Gasteiger partial charge in [-0.1, -0.05) is 29.8 Å². The number of nitrogens with zero attached hydrogens (tertiary/aromatic N) is 2. The van der Waals surface area contributed by atoms with E-state index in [4.69, 9.17) is 10.8 Å². The van der Waals surface area contributed by atoms with E-state index in [9.17, 15) is 9.59 Å². The Morgan fingerprint density at radius 3 is 2.50 bits per heavy atom. The van der Waals surface area contributed by atoms with Crippen LogP contribution in [-0.2, 0) is 4.79 Å². The standard InChI is InChI=1S/C14H15N3O3/c1-8-3-5-10(6-4-8)12-11(7-18)13(15)17(16-12)9(2)14(19)20/h3-7,9H,15H2,1-2H3,(H,19,20). The summed E-state index contributed by atoms with van der Waals surface area (Å²) in [7, 11) is 0. The molecule has 1 heterocycles. The molecule has 1 aromatic carbocycles. The van der Waals surface area contributed by atoms with Crippen molar-refractivity contribution in [1.82, 2.24) is 9.78 Å². The van der Waals surface area contributed by atoms with Crippen LogP contribution >= 0.6 is 0 Å². The zero-order valence-electron chi connectivity index (χ0n) is 11.2. The fourth-order valence-corrected chi connectivity index (χ4v) is 1.90. The number of carbonyl (C=O) groups excluding carboxylic acids is 1. The Labute approximate surface area is 115 Å². The van der Waals surface area contributed by atoms with E-state index in [1.807, 2.05) is 31.2 Å². The summed E-state index contributed by atoms with van der Waals surface area (Å²) in [5, 5.41) is 13.2. The summed E-state index contributed by atoms with van der Waals surface area (Å²) in [5.74, 6) is -1.00. The maximum absolute atomic E-state index is 11.2. The van der Waals surface area contributed by atoms with Gasteiger partial charge in [-0.2, -0.15) is 5.10 Å². The average Bonchev–Trinajstić information content (AvgIpc) is 2.75. The van der Waals surface area contributed by atoms with Crippen molar-refractivity contribution >= 4 is 18.1 Å². The first-order valence-corrected chi connectivity index (χ1v) is 6.08. The van der Waals surface area contributed by atoms with E-state index < -0.39 is 12.0 Å². The topological polar surface area (TPSA) is 98.2 Å². The monoisotopic (exact) mass is 273 g/mol. The molecule has 0 spiro atoms. The molecule has 2 aromatic rings. The van der Waals surface area contributed by atoms with Gasteiger partial charge in [-0.3, -0.25) is 4.79 Å². The van der Waals surface area contributed by atoms with E-state index in [0.29, 0.717) is 12.0 Å². The predicted molar refractivity (Wildman–Crippen MR) is 74.5 cm³/mol. The highest BCUT2D eigenvalue weighted by atomic mass is 16.4. The van der Waals surface area contributed by atoms with Gasteiger partial charge in [0, 0.05) is 5.56 Å². The lowest BCUT2D eigenvalue weighted by Gasteiger charge is -2.08. The van der Waals surface area contributed by atoms with Crippen LogP contribution < -0.4 is 5.73 Å². The van der Waals surface area contributed by atoms with Crippen LogP contribution in [-0.4, -0.2) is 27.1 Å². The van der Waals surface area contributed by atoms with E-state index in [1.165, 1.54) is 6.92 Å². The van der Waals surface area contributed by atoms with Crippen LogP contribution in [0, 0.1) is 6.92 Å². The van der Waals surface area contributed by atoms with Crippen LogP contribution in [0.25, 0.3) is 11.3 Å². The van der Waals surface area contributed by atoms with Gasteiger partial charge in [-0.15, -0.1) is 0 Å². The molecule has 0 bridgehead atoms. The summed E-state index contributed by atoms with van der Waals surface area (Å²) in [4.78, 5) is 22.3. The molecule has 1 aromatic heterocycles. The Hall–Kier alpha value is -2.63. The third kappa shape index (κ3) is 2.27. The highest BCUT2D eigenvalue weighted by Gasteiger charge is 2.23. The Kier molecular flexibility index (Phi) is 3.56. The summed E-state index contributed by atoms with van der Waals surface area (Å²) in [6, 6.07) is 6.48. The number of aromatic nitrogens is 2. The minimum atomic E-state index is -1.06. The molecule has 1 unspecified atom stereocenters. The Balaban J connectivity index is 2.59. The van der Waals surface area contributed by atoms with Crippen LogP contribution in [0.5, 0.6) is 0 Å². The molecule has 6 nitrogen and oxygen atoms in total. The molecule has 2 rings (SSSR count). The third-order valence-corrected chi connectivity index (χ3v) is 3.15. The number of carbonyl (C=O) groups is 2. The second kappa shape index (κ2) is 5.16. The molecule has 0 radical (unpaired) electrons. The van der Waals surface area contributed by atoms with Gasteiger partial charge in [-0.05, 0) is 13.8 Å². The molecular weight excluding hydrogens is 258 g/mol. The maximum Gasteiger partial charge on any atom is 0.328 e. The first-order valence-electron chi connectivity index (χ1n) is 6.08. The Morgan fingerprint density at radius 2 is 2.00 bits per heavy atom. The highest BCUT2D eigenvalue weighted by molar-refractivity contribution is 5.92. The molecule has 0 saturated carbocycles. The first kappa shape index (κ1) is 13.8. The first-order chi connectivity index (χ1) is 9.45. The molecule has 0 fully saturated rings. The number of benzene rings is 1. The summed E-state index contributed by atoms with van der Waals surface area (Å²) in [6.45, 7) is 3.41. The number of aryl methyl sites for hydroxylation is 1. The number of aliphatic carboxylic acids is 1. The van der Waals surface area contributed by atoms with Gasteiger partial charge in [0.05, 0.1) is 5.56 Å². The number of aldehydes is 1. The van der Waals surface area contributed by atoms with Gasteiger partial charge in [0.25, 0.3) is 0 Å². The molecule has 0 saturated heterocycles. The lowest BCUT2D eigenvalue weighted by atomic mass is 10.1. The molecule has 3 N–H and O–H groups in total. The second-order valence-corrected chi connectivity index (χ2v) is 4.59. The number of nitrogen functional groups attached to an aromatic ring is 1. The Morgan fingerprint density at radius 1 is 1.40 bits per heavy atom. The molecular formula is C14H15N3O3. The zero-order chi connectivity index (χ0) is 14.9. The van der Waals surface area contributed by atoms with Crippen molar-refractivity contribution < 1.29 is 14.7 Å². The van der Waals surface area contributed by atoms with E-state index in [0.717, 1.165) is 15.8 Å². The number of hydrogen-bond donors (Lipinski definition) is 2. The molecule has 104 valence electrons. The molecule has 20 heavy (non-hydrogen) atoms. The lowest BCUT2D eigenvalue weighted by molar-refractivity contribution is -0.140. The maximum atomic E-state index is 11.2.